The van der Waals surface area contributed by atoms with Crippen molar-refractivity contribution in [3.63, 3.8) is 0 Å². The largest absolute Gasteiger partial charge is 0.489 e. The maximum atomic E-state index is 13.8. The zero-order valence-electron chi connectivity index (χ0n) is 23.7. The van der Waals surface area contributed by atoms with E-state index in [0.717, 1.165) is 12.1 Å². The molecular formula is C30H33F3N2O8S. The van der Waals surface area contributed by atoms with Crippen molar-refractivity contribution in [2.75, 3.05) is 6.79 Å². The number of carbonyl (C=O) groups is 1. The second kappa shape index (κ2) is 13.7. The van der Waals surface area contributed by atoms with E-state index in [0.29, 0.717) is 40.5 Å². The number of nitrogens with zero attached hydrogens (tertiary/aromatic N) is 1. The SMILES string of the molecule is CCCCC([C@H](O)[C@H](Cc1ccc(OCc2cccc(C(F)(F)F)c2)cc1)N(N)C(=O)O)S(=O)(=O)c1ccc2c(c1)OCO2. The molecule has 1 unspecified atom stereocenters. The fraction of sp³-hybridized carbons (Fsp3) is 0.367. The lowest BCUT2D eigenvalue weighted by atomic mass is 9.96. The van der Waals surface area contributed by atoms with Crippen molar-refractivity contribution < 1.29 is 50.8 Å². The fourth-order valence-corrected chi connectivity index (χ4v) is 6.79. The van der Waals surface area contributed by atoms with E-state index in [4.69, 9.17) is 20.1 Å². The predicted molar refractivity (Wildman–Crippen MR) is 153 cm³/mol. The van der Waals surface area contributed by atoms with Crippen molar-refractivity contribution >= 4 is 15.9 Å². The molecule has 4 rings (SSSR count). The van der Waals surface area contributed by atoms with Gasteiger partial charge >= 0.3 is 12.3 Å². The Morgan fingerprint density at radius 3 is 2.41 bits per heavy atom. The number of rotatable bonds is 13. The van der Waals surface area contributed by atoms with Crippen molar-refractivity contribution in [3.05, 3.63) is 83.4 Å². The quantitative estimate of drug-likeness (QED) is 0.131. The third kappa shape index (κ3) is 7.73. The lowest BCUT2D eigenvalue weighted by Crippen LogP contribution is -2.56. The molecule has 238 valence electrons. The first-order chi connectivity index (χ1) is 20.8. The van der Waals surface area contributed by atoms with Crippen LogP contribution in [0, 0.1) is 0 Å². The summed E-state index contributed by atoms with van der Waals surface area (Å²) in [6.07, 6.45) is -6.80. The number of aliphatic hydroxyl groups is 1. The monoisotopic (exact) mass is 638 g/mol. The predicted octanol–water partition coefficient (Wildman–Crippen LogP) is 5.17. The summed E-state index contributed by atoms with van der Waals surface area (Å²) in [5.41, 5.74) is 0.0297. The summed E-state index contributed by atoms with van der Waals surface area (Å²) in [6.45, 7) is 1.67. The standard InChI is InChI=1S/C30H33F3N2O8S/c1-2-3-7-27(44(39,40)23-12-13-25-26(16-23)43-18-42-25)28(36)24(35(34)29(37)38)15-19-8-10-22(11-9-19)41-17-20-5-4-6-21(14-20)30(31,32)33/h4-6,8-14,16,24,27-28,36H,2-3,7,15,17-18,34H2,1H3,(H,37,38)/t24-,27?,28+/m0/s1. The number of sulfone groups is 1. The van der Waals surface area contributed by atoms with Gasteiger partial charge in [0.25, 0.3) is 0 Å². The minimum absolute atomic E-state index is 0.0424. The van der Waals surface area contributed by atoms with Gasteiger partial charge in [-0.2, -0.15) is 13.2 Å². The van der Waals surface area contributed by atoms with E-state index in [1.54, 1.807) is 12.1 Å². The Bertz CT molecular complexity index is 1550. The Labute approximate surface area is 252 Å². The van der Waals surface area contributed by atoms with Crippen LogP contribution < -0.4 is 20.1 Å². The summed E-state index contributed by atoms with van der Waals surface area (Å²) in [6, 6.07) is 13.7. The average molecular weight is 639 g/mol. The molecule has 3 atom stereocenters. The number of aliphatic hydroxyl groups excluding tert-OH is 1. The second-order valence-electron chi connectivity index (χ2n) is 10.3. The first kappa shape index (κ1) is 32.9. The molecule has 0 bridgehead atoms. The van der Waals surface area contributed by atoms with Crippen molar-refractivity contribution in [1.29, 1.82) is 0 Å². The summed E-state index contributed by atoms with van der Waals surface area (Å²) in [5.74, 6) is 6.81. The normalized spacial score (nSPS) is 15.0. The Hall–Kier alpha value is -4.01. The Morgan fingerprint density at radius 1 is 1.05 bits per heavy atom. The van der Waals surface area contributed by atoms with E-state index in [1.165, 1.54) is 42.5 Å². The van der Waals surface area contributed by atoms with Crippen LogP contribution in [0.1, 0.15) is 42.9 Å². The van der Waals surface area contributed by atoms with Gasteiger partial charge in [0.2, 0.25) is 6.79 Å². The summed E-state index contributed by atoms with van der Waals surface area (Å²) in [5, 5.41) is 20.2. The molecule has 1 aliphatic heterocycles. The van der Waals surface area contributed by atoms with Gasteiger partial charge in [-0.15, -0.1) is 0 Å². The Balaban J connectivity index is 1.53. The van der Waals surface area contributed by atoms with E-state index in [9.17, 15) is 36.6 Å². The van der Waals surface area contributed by atoms with Crippen LogP contribution >= 0.6 is 0 Å². The van der Waals surface area contributed by atoms with E-state index in [2.05, 4.69) is 0 Å². The van der Waals surface area contributed by atoms with Gasteiger partial charge in [-0.05, 0) is 60.4 Å². The molecule has 0 saturated heterocycles. The van der Waals surface area contributed by atoms with E-state index >= 15 is 0 Å². The topological polar surface area (TPSA) is 149 Å². The van der Waals surface area contributed by atoms with Gasteiger partial charge in [0.1, 0.15) is 12.4 Å². The Morgan fingerprint density at radius 2 is 1.75 bits per heavy atom. The highest BCUT2D eigenvalue weighted by atomic mass is 32.2. The molecule has 0 saturated carbocycles. The number of benzene rings is 3. The lowest BCUT2D eigenvalue weighted by molar-refractivity contribution is -0.137. The van der Waals surface area contributed by atoms with Gasteiger partial charge in [0.15, 0.2) is 21.3 Å². The number of unbranched alkanes of at least 4 members (excludes halogenated alkanes) is 1. The zero-order valence-corrected chi connectivity index (χ0v) is 24.6. The molecule has 3 aromatic rings. The number of amides is 1. The van der Waals surface area contributed by atoms with Crippen LogP contribution in [0.3, 0.4) is 0 Å². The molecule has 4 N–H and O–H groups in total. The molecular weight excluding hydrogens is 605 g/mol. The summed E-state index contributed by atoms with van der Waals surface area (Å²) < 4.78 is 82.8. The number of hydrogen-bond acceptors (Lipinski definition) is 8. The number of hydrazine groups is 1. The molecule has 0 aromatic heterocycles. The van der Waals surface area contributed by atoms with Crippen LogP contribution in [0.4, 0.5) is 18.0 Å². The van der Waals surface area contributed by atoms with Crippen molar-refractivity contribution in [2.45, 2.75) is 67.7 Å². The first-order valence-electron chi connectivity index (χ1n) is 13.8. The van der Waals surface area contributed by atoms with E-state index in [-0.39, 0.29) is 36.9 Å². The maximum Gasteiger partial charge on any atom is 0.421 e. The van der Waals surface area contributed by atoms with Crippen LogP contribution in [-0.4, -0.2) is 53.9 Å². The number of carboxylic acid groups (broad SMARTS) is 1. The fourth-order valence-electron chi connectivity index (χ4n) is 4.88. The summed E-state index contributed by atoms with van der Waals surface area (Å²) in [4.78, 5) is 11.8. The highest BCUT2D eigenvalue weighted by Gasteiger charge is 2.41. The first-order valence-corrected chi connectivity index (χ1v) is 15.3. The van der Waals surface area contributed by atoms with Crippen molar-refractivity contribution in [3.8, 4) is 17.2 Å². The number of alkyl halides is 3. The van der Waals surface area contributed by atoms with Gasteiger partial charge in [0, 0.05) is 6.07 Å². The molecule has 0 fully saturated rings. The van der Waals surface area contributed by atoms with Gasteiger partial charge < -0.3 is 24.4 Å². The minimum Gasteiger partial charge on any atom is -0.489 e. The third-order valence-electron chi connectivity index (χ3n) is 7.29. The van der Waals surface area contributed by atoms with Gasteiger partial charge in [-0.3, -0.25) is 0 Å². The molecule has 0 radical (unpaired) electrons. The summed E-state index contributed by atoms with van der Waals surface area (Å²) >= 11 is 0. The average Bonchev–Trinajstić information content (AvgIpc) is 3.47. The van der Waals surface area contributed by atoms with Crippen LogP contribution in [-0.2, 0) is 29.0 Å². The smallest absolute Gasteiger partial charge is 0.421 e. The number of fused-ring (bicyclic) bond motifs is 1. The summed E-state index contributed by atoms with van der Waals surface area (Å²) in [7, 11) is -4.19. The van der Waals surface area contributed by atoms with Crippen LogP contribution in [0.2, 0.25) is 0 Å². The van der Waals surface area contributed by atoms with E-state index < -0.39 is 45.1 Å². The molecule has 0 spiro atoms. The van der Waals surface area contributed by atoms with Gasteiger partial charge in [-0.25, -0.2) is 24.1 Å². The molecule has 10 nitrogen and oxygen atoms in total. The number of halogens is 3. The highest BCUT2D eigenvalue weighted by molar-refractivity contribution is 7.92. The van der Waals surface area contributed by atoms with Crippen LogP contribution in [0.25, 0.3) is 0 Å². The van der Waals surface area contributed by atoms with Crippen LogP contribution in [0.15, 0.2) is 71.6 Å². The number of ether oxygens (including phenoxy) is 3. The Kier molecular flexibility index (Phi) is 10.3. The maximum absolute atomic E-state index is 13.8. The molecule has 1 aliphatic rings. The van der Waals surface area contributed by atoms with Gasteiger partial charge in [0.05, 0.1) is 27.9 Å². The van der Waals surface area contributed by atoms with Gasteiger partial charge in [-0.1, -0.05) is 44.0 Å². The molecule has 44 heavy (non-hydrogen) atoms. The van der Waals surface area contributed by atoms with E-state index in [1.807, 2.05) is 6.92 Å². The second-order valence-corrected chi connectivity index (χ2v) is 12.5. The van der Waals surface area contributed by atoms with Crippen molar-refractivity contribution in [2.24, 2.45) is 5.84 Å². The van der Waals surface area contributed by atoms with Crippen molar-refractivity contribution in [1.82, 2.24) is 5.01 Å². The number of hydrogen-bond donors (Lipinski definition) is 3. The molecule has 1 heterocycles. The molecule has 1 amide bonds. The van der Waals surface area contributed by atoms with Crippen LogP contribution in [0.5, 0.6) is 17.2 Å². The zero-order chi connectivity index (χ0) is 32.1. The lowest BCUT2D eigenvalue weighted by Gasteiger charge is -2.34. The third-order valence-corrected chi connectivity index (χ3v) is 9.52. The highest BCUT2D eigenvalue weighted by Crippen LogP contribution is 2.36. The minimum atomic E-state index is -4.48. The molecule has 0 aliphatic carbocycles. The molecule has 3 aromatic carbocycles. The number of nitrogens with two attached hydrogens (primary N) is 1. The molecule has 14 heteroatoms.